The van der Waals surface area contributed by atoms with Crippen LogP contribution in [-0.4, -0.2) is 0 Å². The first-order valence-corrected chi connectivity index (χ1v) is 7.37. The van der Waals surface area contributed by atoms with E-state index >= 15 is 0 Å². The summed E-state index contributed by atoms with van der Waals surface area (Å²) in [6.07, 6.45) is 0.848. The van der Waals surface area contributed by atoms with Gasteiger partial charge in [0.2, 0.25) is 0 Å². The van der Waals surface area contributed by atoms with Crippen molar-refractivity contribution in [2.75, 3.05) is 0 Å². The average Bonchev–Trinajstić information content (AvgIpc) is 3.16. The number of rotatable bonds is 3. The summed E-state index contributed by atoms with van der Waals surface area (Å²) in [6.45, 7) is 2.09. The molecule has 2 heterocycles. The molecule has 3 aromatic rings. The van der Waals surface area contributed by atoms with Gasteiger partial charge in [0, 0.05) is 12.0 Å². The second-order valence-corrected chi connectivity index (χ2v) is 5.42. The Kier molecular flexibility index (Phi) is 3.41. The lowest BCUT2D eigenvalue weighted by Crippen LogP contribution is -1.82. The van der Waals surface area contributed by atoms with Crippen molar-refractivity contribution in [2.24, 2.45) is 0 Å². The van der Waals surface area contributed by atoms with E-state index in [0.717, 1.165) is 33.9 Å². The number of furan rings is 1. The normalized spacial score (nSPS) is 10.4. The van der Waals surface area contributed by atoms with Gasteiger partial charge in [0.1, 0.15) is 11.5 Å². The highest BCUT2D eigenvalue weighted by Gasteiger charge is 2.13. The molecule has 0 bridgehead atoms. The number of hydrogen-bond donors (Lipinski definition) is 0. The van der Waals surface area contributed by atoms with Crippen molar-refractivity contribution in [1.82, 2.24) is 0 Å². The zero-order valence-corrected chi connectivity index (χ0v) is 11.9. The molecule has 0 unspecified atom stereocenters. The first-order chi connectivity index (χ1) is 9.81. The molecular formula is C17H13NOS. The van der Waals surface area contributed by atoms with E-state index in [9.17, 15) is 0 Å². The molecule has 0 saturated heterocycles. The van der Waals surface area contributed by atoms with Crippen LogP contribution in [0.5, 0.6) is 0 Å². The van der Waals surface area contributed by atoms with Gasteiger partial charge in [-0.3, -0.25) is 0 Å². The van der Waals surface area contributed by atoms with E-state index in [1.165, 1.54) is 0 Å². The van der Waals surface area contributed by atoms with Crippen molar-refractivity contribution < 1.29 is 4.42 Å². The number of hydrogen-bond acceptors (Lipinski definition) is 3. The number of nitrogens with zero attached hydrogens (tertiary/aromatic N) is 1. The predicted octanol–water partition coefficient (Wildman–Crippen LogP) is 5.11. The maximum Gasteiger partial charge on any atom is 0.144 e. The van der Waals surface area contributed by atoms with E-state index in [-0.39, 0.29) is 0 Å². The topological polar surface area (TPSA) is 36.9 Å². The van der Waals surface area contributed by atoms with Crippen LogP contribution in [0.2, 0.25) is 0 Å². The zero-order valence-electron chi connectivity index (χ0n) is 11.1. The van der Waals surface area contributed by atoms with E-state index in [1.807, 2.05) is 35.7 Å². The molecule has 2 nitrogen and oxygen atoms in total. The molecule has 0 amide bonds. The van der Waals surface area contributed by atoms with Crippen LogP contribution in [0.1, 0.15) is 18.2 Å². The number of thiophene rings is 1. The molecule has 2 aromatic heterocycles. The molecule has 0 radical (unpaired) electrons. The highest BCUT2D eigenvalue weighted by Crippen LogP contribution is 2.34. The van der Waals surface area contributed by atoms with Gasteiger partial charge in [0.05, 0.1) is 16.5 Å². The fraction of sp³-hybridized carbons (Fsp3) is 0.118. The largest absolute Gasteiger partial charge is 0.460 e. The third-order valence-corrected chi connectivity index (χ3v) is 4.10. The van der Waals surface area contributed by atoms with Gasteiger partial charge in [-0.15, -0.1) is 11.3 Å². The van der Waals surface area contributed by atoms with Crippen LogP contribution in [-0.2, 0) is 6.42 Å². The SMILES string of the molecule is CCc1oc(-c2cccs2)cc1-c1ccc(C#N)cc1. The summed E-state index contributed by atoms with van der Waals surface area (Å²) in [5.41, 5.74) is 2.88. The predicted molar refractivity (Wildman–Crippen MR) is 81.6 cm³/mol. The summed E-state index contributed by atoms with van der Waals surface area (Å²) in [7, 11) is 0. The van der Waals surface area contributed by atoms with Gasteiger partial charge in [-0.25, -0.2) is 0 Å². The van der Waals surface area contributed by atoms with Crippen LogP contribution in [0.3, 0.4) is 0 Å². The van der Waals surface area contributed by atoms with Gasteiger partial charge in [-0.1, -0.05) is 25.1 Å². The number of aryl methyl sites for hydroxylation is 1. The molecule has 3 rings (SSSR count). The molecule has 1 aromatic carbocycles. The second kappa shape index (κ2) is 5.36. The Balaban J connectivity index is 2.06. The smallest absolute Gasteiger partial charge is 0.144 e. The Hall–Kier alpha value is -2.31. The summed E-state index contributed by atoms with van der Waals surface area (Å²) >= 11 is 1.67. The number of nitriles is 1. The highest BCUT2D eigenvalue weighted by atomic mass is 32.1. The quantitative estimate of drug-likeness (QED) is 0.668. The van der Waals surface area contributed by atoms with E-state index in [4.69, 9.17) is 9.68 Å². The Labute approximate surface area is 121 Å². The summed E-state index contributed by atoms with van der Waals surface area (Å²) in [4.78, 5) is 1.14. The molecule has 0 fully saturated rings. The Morgan fingerprint density at radius 3 is 2.60 bits per heavy atom. The fourth-order valence-electron chi connectivity index (χ4n) is 2.20. The fourth-order valence-corrected chi connectivity index (χ4v) is 2.88. The van der Waals surface area contributed by atoms with E-state index in [1.54, 1.807) is 11.3 Å². The molecule has 20 heavy (non-hydrogen) atoms. The van der Waals surface area contributed by atoms with Gasteiger partial charge in [-0.05, 0) is 35.2 Å². The summed E-state index contributed by atoms with van der Waals surface area (Å²) in [5.74, 6) is 1.90. The Bertz CT molecular complexity index is 745. The lowest BCUT2D eigenvalue weighted by Gasteiger charge is -2.00. The zero-order chi connectivity index (χ0) is 13.9. The molecule has 0 aliphatic carbocycles. The molecule has 0 aliphatic rings. The molecule has 0 saturated carbocycles. The van der Waals surface area contributed by atoms with Crippen molar-refractivity contribution in [2.45, 2.75) is 13.3 Å². The van der Waals surface area contributed by atoms with Gasteiger partial charge in [0.25, 0.3) is 0 Å². The Morgan fingerprint density at radius 2 is 2.00 bits per heavy atom. The third-order valence-electron chi connectivity index (χ3n) is 3.22. The van der Waals surface area contributed by atoms with E-state index < -0.39 is 0 Å². The minimum absolute atomic E-state index is 0.675. The average molecular weight is 279 g/mol. The molecule has 3 heteroatoms. The molecule has 0 N–H and O–H groups in total. The molecule has 98 valence electrons. The molecule has 0 aliphatic heterocycles. The summed E-state index contributed by atoms with van der Waals surface area (Å²) in [6, 6.07) is 15.9. The molecule has 0 atom stereocenters. The summed E-state index contributed by atoms with van der Waals surface area (Å²) < 4.78 is 5.96. The molecular weight excluding hydrogens is 266 g/mol. The van der Waals surface area contributed by atoms with Crippen molar-refractivity contribution in [3.05, 3.63) is 59.2 Å². The van der Waals surface area contributed by atoms with Crippen LogP contribution < -0.4 is 0 Å². The van der Waals surface area contributed by atoms with E-state index in [2.05, 4.69) is 25.1 Å². The lowest BCUT2D eigenvalue weighted by atomic mass is 10.0. The second-order valence-electron chi connectivity index (χ2n) is 4.47. The maximum absolute atomic E-state index is 8.86. The Morgan fingerprint density at radius 1 is 1.20 bits per heavy atom. The summed E-state index contributed by atoms with van der Waals surface area (Å²) in [5, 5.41) is 10.9. The monoisotopic (exact) mass is 279 g/mol. The van der Waals surface area contributed by atoms with Crippen molar-refractivity contribution in [3.63, 3.8) is 0 Å². The van der Waals surface area contributed by atoms with Crippen LogP contribution >= 0.6 is 11.3 Å². The van der Waals surface area contributed by atoms with Gasteiger partial charge >= 0.3 is 0 Å². The molecule has 0 spiro atoms. The van der Waals surface area contributed by atoms with Gasteiger partial charge in [-0.2, -0.15) is 5.26 Å². The van der Waals surface area contributed by atoms with Crippen molar-refractivity contribution in [3.8, 4) is 27.8 Å². The van der Waals surface area contributed by atoms with Crippen molar-refractivity contribution >= 4 is 11.3 Å². The highest BCUT2D eigenvalue weighted by molar-refractivity contribution is 7.13. The minimum Gasteiger partial charge on any atom is -0.460 e. The van der Waals surface area contributed by atoms with Crippen molar-refractivity contribution in [1.29, 1.82) is 5.26 Å². The van der Waals surface area contributed by atoms with E-state index in [0.29, 0.717) is 5.56 Å². The first kappa shape index (κ1) is 12.7. The first-order valence-electron chi connectivity index (χ1n) is 6.49. The minimum atomic E-state index is 0.675. The lowest BCUT2D eigenvalue weighted by molar-refractivity contribution is 0.532. The van der Waals surface area contributed by atoms with Crippen LogP contribution in [0.4, 0.5) is 0 Å². The maximum atomic E-state index is 8.86. The van der Waals surface area contributed by atoms with Crippen LogP contribution in [0, 0.1) is 11.3 Å². The van der Waals surface area contributed by atoms with Crippen LogP contribution in [0.25, 0.3) is 21.8 Å². The standard InChI is InChI=1S/C17H13NOS/c1-2-15-14(13-7-5-12(11-18)6-8-13)10-16(19-15)17-4-3-9-20-17/h3-10H,2H2,1H3. The third kappa shape index (κ3) is 2.26. The van der Waals surface area contributed by atoms with Gasteiger partial charge in [0.15, 0.2) is 0 Å². The van der Waals surface area contributed by atoms with Gasteiger partial charge < -0.3 is 4.42 Å². The van der Waals surface area contributed by atoms with Crippen LogP contribution in [0.15, 0.2) is 52.3 Å². The number of benzene rings is 1.